The number of morpholine rings is 1. The highest BCUT2D eigenvalue weighted by Crippen LogP contribution is 2.25. The third-order valence-corrected chi connectivity index (χ3v) is 4.97. The summed E-state index contributed by atoms with van der Waals surface area (Å²) in [5, 5.41) is 11.9. The Balaban J connectivity index is 1.59. The molecule has 136 valence electrons. The first kappa shape index (κ1) is 17.7. The van der Waals surface area contributed by atoms with Gasteiger partial charge in [0, 0.05) is 24.7 Å². The third kappa shape index (κ3) is 4.28. The van der Waals surface area contributed by atoms with E-state index in [0.717, 1.165) is 0 Å². The molecule has 2 N–H and O–H groups in total. The lowest BCUT2D eigenvalue weighted by atomic mass is 9.86. The summed E-state index contributed by atoms with van der Waals surface area (Å²) in [7, 11) is 0. The Kier molecular flexibility index (Phi) is 5.53. The van der Waals surface area contributed by atoms with Crippen LogP contribution in [0.5, 0.6) is 0 Å². The monoisotopic (exact) mass is 350 g/mol. The lowest BCUT2D eigenvalue weighted by Crippen LogP contribution is -2.39. The summed E-state index contributed by atoms with van der Waals surface area (Å²) in [6, 6.07) is 4.48. The van der Waals surface area contributed by atoms with Crippen LogP contribution in [0, 0.1) is 11.7 Å². The first-order chi connectivity index (χ1) is 12.0. The molecule has 3 rings (SSSR count). The van der Waals surface area contributed by atoms with Gasteiger partial charge in [0.15, 0.2) is 0 Å². The first-order valence-electron chi connectivity index (χ1n) is 8.70. The van der Waals surface area contributed by atoms with Crippen molar-refractivity contribution in [3.8, 4) is 0 Å². The van der Waals surface area contributed by atoms with Crippen molar-refractivity contribution in [3.63, 3.8) is 0 Å². The number of carbonyl (C=O) groups is 2. The van der Waals surface area contributed by atoms with Crippen molar-refractivity contribution in [2.45, 2.75) is 31.7 Å². The molecule has 1 aliphatic carbocycles. The molecule has 0 atom stereocenters. The zero-order valence-corrected chi connectivity index (χ0v) is 14.0. The number of anilines is 1. The Bertz CT molecular complexity index is 638. The van der Waals surface area contributed by atoms with Crippen molar-refractivity contribution in [1.82, 2.24) is 5.32 Å². The van der Waals surface area contributed by atoms with Crippen LogP contribution in [0.15, 0.2) is 18.2 Å². The standard InChI is InChI=1S/C18H23FN2O4/c19-15-11-13(3-6-16(15)21-7-9-25-10-8-21)17(22)20-14-4-1-12(2-5-14)18(23)24/h3,6,11-12,14H,1-2,4-5,7-10H2,(H,20,22)(H,23,24). The summed E-state index contributed by atoms with van der Waals surface area (Å²) in [6.45, 7) is 2.41. The van der Waals surface area contributed by atoms with E-state index >= 15 is 0 Å². The van der Waals surface area contributed by atoms with Gasteiger partial charge in [0.1, 0.15) is 5.82 Å². The van der Waals surface area contributed by atoms with E-state index in [1.807, 2.05) is 4.90 Å². The molecular formula is C18H23FN2O4. The van der Waals surface area contributed by atoms with Crippen molar-refractivity contribution in [2.75, 3.05) is 31.2 Å². The second kappa shape index (κ2) is 7.82. The lowest BCUT2D eigenvalue weighted by Gasteiger charge is -2.29. The molecule has 1 saturated heterocycles. The fourth-order valence-electron chi connectivity index (χ4n) is 3.46. The molecule has 0 unspecified atom stereocenters. The fourth-order valence-corrected chi connectivity index (χ4v) is 3.46. The average Bonchev–Trinajstić information content (AvgIpc) is 2.62. The van der Waals surface area contributed by atoms with Crippen molar-refractivity contribution in [1.29, 1.82) is 0 Å². The Morgan fingerprint density at radius 2 is 1.84 bits per heavy atom. The summed E-state index contributed by atoms with van der Waals surface area (Å²) in [6.07, 6.45) is 2.39. The number of hydrogen-bond acceptors (Lipinski definition) is 4. The molecule has 0 spiro atoms. The van der Waals surface area contributed by atoms with Crippen LogP contribution in [0.2, 0.25) is 0 Å². The highest BCUT2D eigenvalue weighted by Gasteiger charge is 2.27. The number of aliphatic carboxylic acids is 1. The molecule has 0 aromatic heterocycles. The normalized spacial score (nSPS) is 24.0. The Morgan fingerprint density at radius 1 is 1.16 bits per heavy atom. The van der Waals surface area contributed by atoms with Crippen molar-refractivity contribution >= 4 is 17.6 Å². The van der Waals surface area contributed by atoms with Gasteiger partial charge < -0.3 is 20.1 Å². The fraction of sp³-hybridized carbons (Fsp3) is 0.556. The third-order valence-electron chi connectivity index (χ3n) is 4.97. The van der Waals surface area contributed by atoms with Gasteiger partial charge in [-0.25, -0.2) is 4.39 Å². The van der Waals surface area contributed by atoms with Crippen LogP contribution in [0.4, 0.5) is 10.1 Å². The van der Waals surface area contributed by atoms with E-state index in [1.54, 1.807) is 12.1 Å². The number of benzene rings is 1. The van der Waals surface area contributed by atoms with E-state index in [2.05, 4.69) is 5.32 Å². The highest BCUT2D eigenvalue weighted by molar-refractivity contribution is 5.94. The predicted molar refractivity (Wildman–Crippen MR) is 90.3 cm³/mol. The van der Waals surface area contributed by atoms with Crippen LogP contribution in [0.1, 0.15) is 36.0 Å². The van der Waals surface area contributed by atoms with Gasteiger partial charge in [-0.3, -0.25) is 9.59 Å². The second-order valence-corrected chi connectivity index (χ2v) is 6.63. The van der Waals surface area contributed by atoms with Gasteiger partial charge in [-0.15, -0.1) is 0 Å². The van der Waals surface area contributed by atoms with Crippen LogP contribution in [0.3, 0.4) is 0 Å². The highest BCUT2D eigenvalue weighted by atomic mass is 19.1. The topological polar surface area (TPSA) is 78.9 Å². The molecule has 1 saturated carbocycles. The molecule has 6 nitrogen and oxygen atoms in total. The molecule has 2 aliphatic rings. The molecule has 0 bridgehead atoms. The van der Waals surface area contributed by atoms with E-state index < -0.39 is 11.8 Å². The zero-order valence-electron chi connectivity index (χ0n) is 14.0. The van der Waals surface area contributed by atoms with E-state index in [1.165, 1.54) is 6.07 Å². The number of rotatable bonds is 4. The molecule has 1 aliphatic heterocycles. The van der Waals surface area contributed by atoms with E-state index in [4.69, 9.17) is 9.84 Å². The number of ether oxygens (including phenoxy) is 1. The number of carboxylic acids is 1. The van der Waals surface area contributed by atoms with Crippen molar-refractivity contribution in [2.24, 2.45) is 5.92 Å². The van der Waals surface area contributed by atoms with E-state index in [0.29, 0.717) is 57.7 Å². The van der Waals surface area contributed by atoms with Gasteiger partial charge in [-0.05, 0) is 43.9 Å². The largest absolute Gasteiger partial charge is 0.481 e. The van der Waals surface area contributed by atoms with Gasteiger partial charge in [-0.1, -0.05) is 0 Å². The second-order valence-electron chi connectivity index (χ2n) is 6.63. The van der Waals surface area contributed by atoms with Gasteiger partial charge in [0.25, 0.3) is 5.91 Å². The van der Waals surface area contributed by atoms with Gasteiger partial charge in [-0.2, -0.15) is 0 Å². The zero-order chi connectivity index (χ0) is 17.8. The summed E-state index contributed by atoms with van der Waals surface area (Å²) in [4.78, 5) is 25.2. The summed E-state index contributed by atoms with van der Waals surface area (Å²) in [5.41, 5.74) is 0.775. The van der Waals surface area contributed by atoms with E-state index in [9.17, 15) is 14.0 Å². The molecule has 7 heteroatoms. The van der Waals surface area contributed by atoms with E-state index in [-0.39, 0.29) is 23.4 Å². The minimum atomic E-state index is -0.773. The molecule has 1 aromatic carbocycles. The summed E-state index contributed by atoms with van der Waals surface area (Å²) in [5.74, 6) is -1.82. The predicted octanol–water partition coefficient (Wildman–Crippen LogP) is 2.04. The number of halogens is 1. The maximum absolute atomic E-state index is 14.4. The smallest absolute Gasteiger partial charge is 0.306 e. The Hall–Kier alpha value is -2.15. The summed E-state index contributed by atoms with van der Waals surface area (Å²) < 4.78 is 19.7. The van der Waals surface area contributed by atoms with Crippen molar-refractivity contribution in [3.05, 3.63) is 29.6 Å². The number of nitrogens with zero attached hydrogens (tertiary/aromatic N) is 1. The number of hydrogen-bond donors (Lipinski definition) is 2. The van der Waals surface area contributed by atoms with Crippen LogP contribution in [-0.2, 0) is 9.53 Å². The molecule has 1 amide bonds. The number of nitrogens with one attached hydrogen (secondary N) is 1. The summed E-state index contributed by atoms with van der Waals surface area (Å²) >= 11 is 0. The quantitative estimate of drug-likeness (QED) is 0.869. The van der Waals surface area contributed by atoms with Crippen LogP contribution in [0.25, 0.3) is 0 Å². The molecule has 25 heavy (non-hydrogen) atoms. The minimum absolute atomic E-state index is 0.0509. The van der Waals surface area contributed by atoms with Gasteiger partial charge >= 0.3 is 5.97 Å². The number of carboxylic acid groups (broad SMARTS) is 1. The van der Waals surface area contributed by atoms with Crippen LogP contribution >= 0.6 is 0 Å². The maximum Gasteiger partial charge on any atom is 0.306 e. The molecule has 1 aromatic rings. The molecule has 1 heterocycles. The Morgan fingerprint density at radius 3 is 2.44 bits per heavy atom. The van der Waals surface area contributed by atoms with Crippen LogP contribution in [-0.4, -0.2) is 49.3 Å². The van der Waals surface area contributed by atoms with Crippen molar-refractivity contribution < 1.29 is 23.8 Å². The number of amides is 1. The average molecular weight is 350 g/mol. The molecular weight excluding hydrogens is 327 g/mol. The SMILES string of the molecule is O=C(NC1CCC(C(=O)O)CC1)c1ccc(N2CCOCC2)c(F)c1. The number of carbonyl (C=O) groups excluding carboxylic acids is 1. The van der Waals surface area contributed by atoms with Gasteiger partial charge in [0.2, 0.25) is 0 Å². The molecule has 0 radical (unpaired) electrons. The molecule has 2 fully saturated rings. The Labute approximate surface area is 146 Å². The minimum Gasteiger partial charge on any atom is -0.481 e. The van der Waals surface area contributed by atoms with Crippen LogP contribution < -0.4 is 10.2 Å². The first-order valence-corrected chi connectivity index (χ1v) is 8.70. The maximum atomic E-state index is 14.4. The lowest BCUT2D eigenvalue weighted by molar-refractivity contribution is -0.142. The van der Waals surface area contributed by atoms with Gasteiger partial charge in [0.05, 0.1) is 24.8 Å².